The van der Waals surface area contributed by atoms with Crippen LogP contribution < -0.4 is 10.1 Å². The topological polar surface area (TPSA) is 90.1 Å². The first-order valence-corrected chi connectivity index (χ1v) is 9.09. The Morgan fingerprint density at radius 2 is 2.03 bits per heavy atom. The molecule has 8 heteroatoms. The molecule has 0 bridgehead atoms. The molecule has 2 aromatic heterocycles. The predicted octanol–water partition coefficient (Wildman–Crippen LogP) is 4.13. The summed E-state index contributed by atoms with van der Waals surface area (Å²) in [6, 6.07) is 15.1. The third kappa shape index (κ3) is 4.02. The summed E-state index contributed by atoms with van der Waals surface area (Å²) in [5, 5.41) is 6.81. The molecular formula is C22H17FN4O3. The zero-order valence-corrected chi connectivity index (χ0v) is 16.0. The number of anilines is 1. The van der Waals surface area contributed by atoms with Crippen LogP contribution in [0.2, 0.25) is 0 Å². The monoisotopic (exact) mass is 404 g/mol. The standard InChI is InChI=1S/C22H17FN4O3/c1-29-16-7-4-6-15(11-16)21-20(18-9-10-24-13-25-18)22(30-27-21)26-19(28)12-14-5-2-3-8-17(14)23/h2-11,13H,12H2,1H3,(H,26,28). The Hall–Kier alpha value is -4.07. The number of amides is 1. The van der Waals surface area contributed by atoms with Crippen LogP contribution in [0.15, 0.2) is 71.6 Å². The fraction of sp³-hybridized carbons (Fsp3) is 0.0909. The maximum absolute atomic E-state index is 13.9. The summed E-state index contributed by atoms with van der Waals surface area (Å²) in [6.07, 6.45) is 2.82. The lowest BCUT2D eigenvalue weighted by atomic mass is 10.0. The van der Waals surface area contributed by atoms with Gasteiger partial charge in [-0.15, -0.1) is 0 Å². The van der Waals surface area contributed by atoms with Gasteiger partial charge in [-0.05, 0) is 29.8 Å². The lowest BCUT2D eigenvalue weighted by Crippen LogP contribution is -2.15. The molecule has 4 aromatic rings. The highest BCUT2D eigenvalue weighted by atomic mass is 19.1. The highest BCUT2D eigenvalue weighted by Gasteiger charge is 2.23. The average Bonchev–Trinajstić information content (AvgIpc) is 3.19. The number of rotatable bonds is 6. The van der Waals surface area contributed by atoms with Crippen molar-refractivity contribution in [2.24, 2.45) is 0 Å². The van der Waals surface area contributed by atoms with Gasteiger partial charge < -0.3 is 9.26 Å². The summed E-state index contributed by atoms with van der Waals surface area (Å²) in [5.74, 6) is -0.121. The van der Waals surface area contributed by atoms with E-state index in [2.05, 4.69) is 20.4 Å². The van der Waals surface area contributed by atoms with Gasteiger partial charge in [-0.25, -0.2) is 14.4 Å². The highest BCUT2D eigenvalue weighted by molar-refractivity contribution is 5.97. The molecule has 0 aliphatic carbocycles. The zero-order chi connectivity index (χ0) is 20.9. The molecule has 2 aromatic carbocycles. The van der Waals surface area contributed by atoms with Gasteiger partial charge in [-0.2, -0.15) is 0 Å². The minimum Gasteiger partial charge on any atom is -0.497 e. The van der Waals surface area contributed by atoms with Crippen molar-refractivity contribution in [2.45, 2.75) is 6.42 Å². The molecule has 1 N–H and O–H groups in total. The third-order valence-electron chi connectivity index (χ3n) is 4.44. The fourth-order valence-electron chi connectivity index (χ4n) is 3.00. The van der Waals surface area contributed by atoms with Crippen molar-refractivity contribution >= 4 is 11.8 Å². The number of nitrogens with one attached hydrogen (secondary N) is 1. The second-order valence-corrected chi connectivity index (χ2v) is 6.38. The number of hydrogen-bond acceptors (Lipinski definition) is 6. The number of methoxy groups -OCH3 is 1. The summed E-state index contributed by atoms with van der Waals surface area (Å²) in [6.45, 7) is 0. The van der Waals surface area contributed by atoms with E-state index in [9.17, 15) is 9.18 Å². The molecule has 150 valence electrons. The van der Waals surface area contributed by atoms with Gasteiger partial charge >= 0.3 is 0 Å². The van der Waals surface area contributed by atoms with Crippen LogP contribution >= 0.6 is 0 Å². The molecular weight excluding hydrogens is 387 g/mol. The molecule has 0 aliphatic rings. The Balaban J connectivity index is 1.70. The van der Waals surface area contributed by atoms with Crippen molar-refractivity contribution in [3.05, 3.63) is 78.5 Å². The van der Waals surface area contributed by atoms with Crippen LogP contribution in [0.3, 0.4) is 0 Å². The van der Waals surface area contributed by atoms with Crippen molar-refractivity contribution < 1.29 is 18.4 Å². The first-order valence-electron chi connectivity index (χ1n) is 9.09. The minimum atomic E-state index is -0.446. The first-order chi connectivity index (χ1) is 14.7. The minimum absolute atomic E-state index is 0.118. The van der Waals surface area contributed by atoms with Crippen LogP contribution in [0.4, 0.5) is 10.3 Å². The quantitative estimate of drug-likeness (QED) is 0.520. The number of hydrogen-bond donors (Lipinski definition) is 1. The zero-order valence-electron chi connectivity index (χ0n) is 16.0. The summed E-state index contributed by atoms with van der Waals surface area (Å²) in [4.78, 5) is 20.7. The summed E-state index contributed by atoms with van der Waals surface area (Å²) in [7, 11) is 1.57. The van der Waals surface area contributed by atoms with Gasteiger partial charge in [0.05, 0.1) is 24.8 Å². The van der Waals surface area contributed by atoms with Gasteiger partial charge in [0.1, 0.15) is 23.6 Å². The van der Waals surface area contributed by atoms with Gasteiger partial charge in [-0.3, -0.25) is 10.1 Å². The van der Waals surface area contributed by atoms with E-state index in [1.54, 1.807) is 43.6 Å². The van der Waals surface area contributed by atoms with Gasteiger partial charge in [0.25, 0.3) is 0 Å². The van der Waals surface area contributed by atoms with Crippen molar-refractivity contribution in [1.29, 1.82) is 0 Å². The number of carbonyl (C=O) groups excluding carboxylic acids is 1. The van der Waals surface area contributed by atoms with Crippen LogP contribution in [-0.2, 0) is 11.2 Å². The molecule has 1 amide bonds. The lowest BCUT2D eigenvalue weighted by molar-refractivity contribution is -0.115. The number of halogens is 1. The number of nitrogens with zero attached hydrogens (tertiary/aromatic N) is 3. The first kappa shape index (κ1) is 19.3. The molecule has 0 atom stereocenters. The van der Waals surface area contributed by atoms with E-state index >= 15 is 0 Å². The van der Waals surface area contributed by atoms with Crippen LogP contribution in [0.1, 0.15) is 5.56 Å². The molecule has 0 radical (unpaired) electrons. The maximum Gasteiger partial charge on any atom is 0.241 e. The SMILES string of the molecule is COc1cccc(-c2noc(NC(=O)Cc3ccccc3F)c2-c2ccncn2)c1. The Morgan fingerprint density at radius 3 is 2.80 bits per heavy atom. The molecule has 0 saturated heterocycles. The summed E-state index contributed by atoms with van der Waals surface area (Å²) < 4.78 is 24.6. The van der Waals surface area contributed by atoms with Crippen LogP contribution in [0, 0.1) is 5.82 Å². The molecule has 30 heavy (non-hydrogen) atoms. The Kier molecular flexibility index (Phi) is 5.47. The van der Waals surface area contributed by atoms with E-state index in [1.807, 2.05) is 18.2 Å². The lowest BCUT2D eigenvalue weighted by Gasteiger charge is -2.07. The van der Waals surface area contributed by atoms with Crippen LogP contribution in [0.5, 0.6) is 5.75 Å². The molecule has 2 heterocycles. The van der Waals surface area contributed by atoms with Gasteiger partial charge in [0, 0.05) is 11.8 Å². The van der Waals surface area contributed by atoms with E-state index in [0.29, 0.717) is 22.7 Å². The highest BCUT2D eigenvalue weighted by Crippen LogP contribution is 2.37. The van der Waals surface area contributed by atoms with E-state index in [1.165, 1.54) is 12.4 Å². The van der Waals surface area contributed by atoms with Gasteiger partial charge in [0.15, 0.2) is 0 Å². The maximum atomic E-state index is 13.9. The number of benzene rings is 2. The Bertz CT molecular complexity index is 1180. The average molecular weight is 404 g/mol. The third-order valence-corrected chi connectivity index (χ3v) is 4.44. The molecule has 0 aliphatic heterocycles. The smallest absolute Gasteiger partial charge is 0.241 e. The van der Waals surface area contributed by atoms with Crippen LogP contribution in [0.25, 0.3) is 22.5 Å². The molecule has 4 rings (SSSR count). The summed E-state index contributed by atoms with van der Waals surface area (Å²) >= 11 is 0. The molecule has 0 unspecified atom stereocenters. The van der Waals surface area contributed by atoms with Crippen molar-refractivity contribution in [1.82, 2.24) is 15.1 Å². The van der Waals surface area contributed by atoms with Gasteiger partial charge in [-0.1, -0.05) is 35.5 Å². The van der Waals surface area contributed by atoms with Crippen molar-refractivity contribution in [3.8, 4) is 28.3 Å². The Labute approximate surface area is 171 Å². The largest absolute Gasteiger partial charge is 0.497 e. The summed E-state index contributed by atoms with van der Waals surface area (Å²) in [5.41, 5.74) is 2.50. The normalized spacial score (nSPS) is 10.6. The Morgan fingerprint density at radius 1 is 1.17 bits per heavy atom. The number of aromatic nitrogens is 3. The molecule has 0 fully saturated rings. The molecule has 0 spiro atoms. The fourth-order valence-corrected chi connectivity index (χ4v) is 3.00. The molecule has 0 saturated carbocycles. The number of ether oxygens (including phenoxy) is 1. The van der Waals surface area contributed by atoms with E-state index in [4.69, 9.17) is 9.26 Å². The van der Waals surface area contributed by atoms with Crippen LogP contribution in [-0.4, -0.2) is 28.1 Å². The van der Waals surface area contributed by atoms with E-state index in [0.717, 1.165) is 5.56 Å². The van der Waals surface area contributed by atoms with Crippen molar-refractivity contribution in [3.63, 3.8) is 0 Å². The van der Waals surface area contributed by atoms with Gasteiger partial charge in [0.2, 0.25) is 11.8 Å². The van der Waals surface area contributed by atoms with Crippen molar-refractivity contribution in [2.75, 3.05) is 12.4 Å². The predicted molar refractivity (Wildman–Crippen MR) is 108 cm³/mol. The van der Waals surface area contributed by atoms with E-state index < -0.39 is 11.7 Å². The number of carbonyl (C=O) groups is 1. The second-order valence-electron chi connectivity index (χ2n) is 6.38. The molecule has 7 nitrogen and oxygen atoms in total. The second kappa shape index (κ2) is 8.52. The van der Waals surface area contributed by atoms with E-state index in [-0.39, 0.29) is 17.9 Å².